The molecule has 9 heteroatoms. The molecule has 0 atom stereocenters. The number of nitrogens with zero attached hydrogens (tertiary/aromatic N) is 2. The molecule has 0 unspecified atom stereocenters. The molecule has 0 fully saturated rings. The molecular weight excluding hydrogens is 711 g/mol. The van der Waals surface area contributed by atoms with Gasteiger partial charge in [-0.05, 0) is 99.1 Å². The molecule has 6 heterocycles. The van der Waals surface area contributed by atoms with Crippen molar-refractivity contribution in [3.05, 3.63) is 102 Å². The third-order valence-electron chi connectivity index (χ3n) is 12.1. The van der Waals surface area contributed by atoms with Gasteiger partial charge in [0, 0.05) is 34.3 Å². The highest BCUT2D eigenvalue weighted by molar-refractivity contribution is 6.99. The summed E-state index contributed by atoms with van der Waals surface area (Å²) in [6, 6.07) is 30.5. The Bertz CT molecular complexity index is 2670. The maximum atomic E-state index is 7.17. The number of hydrogen-bond acceptors (Lipinski definition) is 8. The van der Waals surface area contributed by atoms with Crippen molar-refractivity contribution < 1.29 is 27.8 Å². The van der Waals surface area contributed by atoms with Gasteiger partial charge in [0.05, 0.1) is 22.7 Å². The van der Waals surface area contributed by atoms with Gasteiger partial charge in [0.2, 0.25) is 13.6 Å². The van der Waals surface area contributed by atoms with Crippen LogP contribution in [0.4, 0.5) is 34.1 Å². The quantitative estimate of drug-likeness (QED) is 0.162. The Labute approximate surface area is 332 Å². The molecule has 4 aliphatic heterocycles. The van der Waals surface area contributed by atoms with Crippen molar-refractivity contribution in [1.82, 2.24) is 0 Å². The highest BCUT2D eigenvalue weighted by Gasteiger charge is 2.50. The summed E-state index contributed by atoms with van der Waals surface area (Å²) in [6.45, 7) is 20.4. The molecule has 57 heavy (non-hydrogen) atoms. The van der Waals surface area contributed by atoms with Crippen molar-refractivity contribution >= 4 is 79.6 Å². The molecule has 286 valence electrons. The van der Waals surface area contributed by atoms with Crippen LogP contribution in [0.15, 0.2) is 93.8 Å². The Balaban J connectivity index is 1.29. The lowest BCUT2D eigenvalue weighted by atomic mass is 9.37. The van der Waals surface area contributed by atoms with Crippen LogP contribution in [0.2, 0.25) is 0 Å². The fraction of sp³-hybridized carbons (Fsp3) is 0.292. The lowest BCUT2D eigenvalue weighted by Gasteiger charge is -2.42. The number of fused-ring (bicyclic) bond motifs is 10. The number of anilines is 6. The van der Waals surface area contributed by atoms with E-state index in [0.717, 1.165) is 95.8 Å². The van der Waals surface area contributed by atoms with E-state index in [1.165, 1.54) is 16.7 Å². The minimum atomic E-state index is -0.347. The first-order chi connectivity index (χ1) is 27.1. The second kappa shape index (κ2) is 11.3. The summed E-state index contributed by atoms with van der Waals surface area (Å²) in [5.74, 6) is 2.91. The van der Waals surface area contributed by atoms with Gasteiger partial charge in [-0.15, -0.1) is 0 Å². The average molecular weight is 757 g/mol. The van der Waals surface area contributed by atoms with Crippen LogP contribution in [0.3, 0.4) is 0 Å². The molecule has 7 aromatic rings. The topological polar surface area (TPSA) is 69.7 Å². The Hall–Kier alpha value is -5.96. The summed E-state index contributed by atoms with van der Waals surface area (Å²) >= 11 is 0. The number of furan rings is 2. The third kappa shape index (κ3) is 5.00. The molecule has 0 spiro atoms. The number of benzene rings is 5. The van der Waals surface area contributed by atoms with Gasteiger partial charge < -0.3 is 37.6 Å². The molecule has 4 aliphatic rings. The van der Waals surface area contributed by atoms with E-state index in [2.05, 4.69) is 145 Å². The van der Waals surface area contributed by atoms with Crippen molar-refractivity contribution in [3.63, 3.8) is 0 Å². The first-order valence-electron chi connectivity index (χ1n) is 19.9. The van der Waals surface area contributed by atoms with Crippen molar-refractivity contribution in [1.29, 1.82) is 0 Å². The zero-order valence-electron chi connectivity index (χ0n) is 33.9. The maximum absolute atomic E-state index is 7.17. The van der Waals surface area contributed by atoms with Gasteiger partial charge in [-0.25, -0.2) is 0 Å². The molecule has 0 amide bonds. The van der Waals surface area contributed by atoms with E-state index in [-0.39, 0.29) is 36.5 Å². The fourth-order valence-electron chi connectivity index (χ4n) is 8.92. The van der Waals surface area contributed by atoms with Gasteiger partial charge in [-0.3, -0.25) is 0 Å². The molecular formula is C48H45BN2O6. The van der Waals surface area contributed by atoms with E-state index in [1.54, 1.807) is 0 Å². The summed E-state index contributed by atoms with van der Waals surface area (Å²) in [5.41, 5.74) is 13.8. The van der Waals surface area contributed by atoms with E-state index < -0.39 is 0 Å². The Kier molecular flexibility index (Phi) is 6.82. The molecule has 0 bridgehead atoms. The van der Waals surface area contributed by atoms with Crippen LogP contribution in [-0.2, 0) is 16.2 Å². The summed E-state index contributed by atoms with van der Waals surface area (Å²) < 4.78 is 38.0. The highest BCUT2D eigenvalue weighted by atomic mass is 16.7. The molecule has 0 aliphatic carbocycles. The van der Waals surface area contributed by atoms with Crippen LogP contribution in [0.1, 0.15) is 79.0 Å². The van der Waals surface area contributed by atoms with Crippen molar-refractivity contribution in [2.45, 2.75) is 78.6 Å². The Morgan fingerprint density at radius 1 is 0.456 bits per heavy atom. The Morgan fingerprint density at radius 2 is 0.877 bits per heavy atom. The highest BCUT2D eigenvalue weighted by Crippen LogP contribution is 2.52. The largest absolute Gasteiger partial charge is 0.468 e. The second-order valence-electron chi connectivity index (χ2n) is 18.9. The first-order valence-corrected chi connectivity index (χ1v) is 19.9. The maximum Gasteiger partial charge on any atom is 0.342 e. The predicted molar refractivity (Wildman–Crippen MR) is 228 cm³/mol. The summed E-state index contributed by atoms with van der Waals surface area (Å²) in [6.07, 6.45) is 0. The van der Waals surface area contributed by atoms with Gasteiger partial charge in [0.25, 0.3) is 0 Å². The zero-order valence-corrected chi connectivity index (χ0v) is 33.9. The lowest BCUT2D eigenvalue weighted by Crippen LogP contribution is -2.60. The SMILES string of the molecule is CC(C)(C)c1cc2c3c(c1)N(c1ccc4c(c1)OCO4)c1c(oc4ccc(C(C)(C)C)cc14)B3c1oc3ccc(C(C)(C)C)cc3c1N2c1ccc2c(c1)OCO2. The summed E-state index contributed by atoms with van der Waals surface area (Å²) in [7, 11) is 0. The van der Waals surface area contributed by atoms with Gasteiger partial charge in [0.15, 0.2) is 23.0 Å². The lowest BCUT2D eigenvalue weighted by molar-refractivity contribution is 0.173. The van der Waals surface area contributed by atoms with E-state index >= 15 is 0 Å². The number of rotatable bonds is 2. The van der Waals surface area contributed by atoms with Crippen LogP contribution >= 0.6 is 0 Å². The third-order valence-corrected chi connectivity index (χ3v) is 12.1. The van der Waals surface area contributed by atoms with E-state index in [0.29, 0.717) is 0 Å². The zero-order chi connectivity index (χ0) is 39.3. The van der Waals surface area contributed by atoms with Crippen molar-refractivity contribution in [2.24, 2.45) is 0 Å². The number of ether oxygens (including phenoxy) is 4. The number of hydrogen-bond donors (Lipinski definition) is 0. The predicted octanol–water partition coefficient (Wildman–Crippen LogP) is 10.6. The van der Waals surface area contributed by atoms with Crippen molar-refractivity contribution in [2.75, 3.05) is 23.4 Å². The standard InChI is InChI=1S/C48H45BN2O6/c1-46(2,3)26-10-14-35-31(18-26)42-44(56-35)49-41-33(50(42)29-12-16-37-39(22-29)54-24-52-37)20-28(48(7,8)9)21-34(41)51(30-13-17-38-40(23-30)55-25-53-38)43-32-19-27(47(4,5)6)11-15-36(32)57-45(43)49/h10-23H,24-25H2,1-9H3. The summed E-state index contributed by atoms with van der Waals surface area (Å²) in [4.78, 5) is 4.76. The van der Waals surface area contributed by atoms with Crippen molar-refractivity contribution in [3.8, 4) is 23.0 Å². The molecule has 8 nitrogen and oxygen atoms in total. The van der Waals surface area contributed by atoms with Crippen LogP contribution in [0.5, 0.6) is 23.0 Å². The summed E-state index contributed by atoms with van der Waals surface area (Å²) in [5, 5.41) is 2.10. The molecule has 0 saturated carbocycles. The van der Waals surface area contributed by atoms with Crippen LogP contribution in [-0.4, -0.2) is 20.3 Å². The second-order valence-corrected chi connectivity index (χ2v) is 18.9. The van der Waals surface area contributed by atoms with Gasteiger partial charge in [0.1, 0.15) is 22.5 Å². The molecule has 0 N–H and O–H groups in total. The molecule has 2 aromatic heterocycles. The van der Waals surface area contributed by atoms with Gasteiger partial charge in [-0.1, -0.05) is 74.4 Å². The van der Waals surface area contributed by atoms with Gasteiger partial charge >= 0.3 is 6.71 Å². The van der Waals surface area contributed by atoms with E-state index in [9.17, 15) is 0 Å². The smallest absolute Gasteiger partial charge is 0.342 e. The van der Waals surface area contributed by atoms with Crippen LogP contribution < -0.4 is 45.5 Å². The monoisotopic (exact) mass is 756 g/mol. The first kappa shape index (κ1) is 34.3. The van der Waals surface area contributed by atoms with Gasteiger partial charge in [-0.2, -0.15) is 0 Å². The van der Waals surface area contributed by atoms with Crippen LogP contribution in [0, 0.1) is 0 Å². The molecule has 5 aromatic carbocycles. The van der Waals surface area contributed by atoms with E-state index in [1.807, 2.05) is 12.1 Å². The van der Waals surface area contributed by atoms with E-state index in [4.69, 9.17) is 27.8 Å². The van der Waals surface area contributed by atoms with Crippen LogP contribution in [0.25, 0.3) is 21.9 Å². The fourth-order valence-corrected chi connectivity index (χ4v) is 8.92. The normalized spacial score (nSPS) is 15.4. The average Bonchev–Trinajstić information content (AvgIpc) is 3.97. The molecule has 11 rings (SSSR count). The Morgan fingerprint density at radius 3 is 1.30 bits per heavy atom. The molecule has 0 saturated heterocycles. The minimum absolute atomic E-state index is 0.0757. The minimum Gasteiger partial charge on any atom is -0.468 e. The molecule has 0 radical (unpaired) electrons.